The van der Waals surface area contributed by atoms with E-state index in [1.165, 1.54) is 14.2 Å². The van der Waals surface area contributed by atoms with Gasteiger partial charge in [-0.3, -0.25) is 14.9 Å². The van der Waals surface area contributed by atoms with Gasteiger partial charge in [-0.25, -0.2) is 0 Å². The van der Waals surface area contributed by atoms with Gasteiger partial charge >= 0.3 is 0 Å². The molecule has 5 nitrogen and oxygen atoms in total. The van der Waals surface area contributed by atoms with Crippen molar-refractivity contribution in [2.24, 2.45) is 0 Å². The molecule has 0 saturated carbocycles. The zero-order chi connectivity index (χ0) is 17.7. The van der Waals surface area contributed by atoms with Gasteiger partial charge in [0.2, 0.25) is 0 Å². The molecule has 0 radical (unpaired) electrons. The van der Waals surface area contributed by atoms with Gasteiger partial charge in [-0.15, -0.1) is 0 Å². The minimum Gasteiger partial charge on any atom is -0.496 e. The van der Waals surface area contributed by atoms with Gasteiger partial charge < -0.3 is 9.47 Å². The molecule has 8 heteroatoms. The van der Waals surface area contributed by atoms with Gasteiger partial charge in [-0.1, -0.05) is 35.3 Å². The molecule has 2 amide bonds. The van der Waals surface area contributed by atoms with Crippen molar-refractivity contribution in [1.82, 2.24) is 5.32 Å². The topological polar surface area (TPSA) is 64.6 Å². The number of thioether (sulfide) groups is 1. The van der Waals surface area contributed by atoms with Crippen LogP contribution in [0.15, 0.2) is 41.3 Å². The molecule has 2 aromatic carbocycles. The fraction of sp³-hybridized carbons (Fsp3) is 0.125. The van der Waals surface area contributed by atoms with E-state index >= 15 is 0 Å². The average molecular weight is 386 g/mol. The van der Waals surface area contributed by atoms with Crippen LogP contribution < -0.4 is 14.8 Å². The molecule has 0 saturated heterocycles. The maximum atomic E-state index is 12.4. The summed E-state index contributed by atoms with van der Waals surface area (Å²) in [4.78, 5) is 24.9. The Balaban J connectivity index is 2.20. The van der Waals surface area contributed by atoms with Crippen LogP contribution in [-0.2, 0) is 0 Å². The molecule has 2 aromatic rings. The van der Waals surface area contributed by atoms with Gasteiger partial charge in [0.05, 0.1) is 29.2 Å². The third-order valence-electron chi connectivity index (χ3n) is 2.98. The molecule has 0 bridgehead atoms. The quantitative estimate of drug-likeness (QED) is 0.775. The monoisotopic (exact) mass is 385 g/mol. The van der Waals surface area contributed by atoms with E-state index in [0.29, 0.717) is 26.4 Å². The van der Waals surface area contributed by atoms with E-state index < -0.39 is 11.1 Å². The number of ether oxygens (including phenoxy) is 2. The smallest absolute Gasteiger partial charge is 0.290 e. The highest BCUT2D eigenvalue weighted by atomic mass is 35.5. The van der Waals surface area contributed by atoms with Crippen molar-refractivity contribution >= 4 is 46.1 Å². The van der Waals surface area contributed by atoms with Crippen molar-refractivity contribution in [2.75, 3.05) is 14.2 Å². The number of hydrogen-bond acceptors (Lipinski definition) is 5. The van der Waals surface area contributed by atoms with Gasteiger partial charge in [0.15, 0.2) is 0 Å². The van der Waals surface area contributed by atoms with E-state index in [1.807, 2.05) is 0 Å². The molecule has 0 aliphatic carbocycles. The van der Waals surface area contributed by atoms with E-state index in [0.717, 1.165) is 11.8 Å². The Labute approximate surface area is 153 Å². The maximum Gasteiger partial charge on any atom is 0.290 e. The van der Waals surface area contributed by atoms with Crippen molar-refractivity contribution in [2.45, 2.75) is 4.90 Å². The number of methoxy groups -OCH3 is 2. The summed E-state index contributed by atoms with van der Waals surface area (Å²) in [6.45, 7) is 0. The molecule has 2 rings (SSSR count). The summed E-state index contributed by atoms with van der Waals surface area (Å²) < 4.78 is 10.3. The molecule has 126 valence electrons. The number of carbonyl (C=O) groups is 2. The Bertz CT molecular complexity index is 740. The summed E-state index contributed by atoms with van der Waals surface area (Å²) in [5.41, 5.74) is 0.127. The maximum absolute atomic E-state index is 12.4. The van der Waals surface area contributed by atoms with Crippen LogP contribution >= 0.6 is 35.0 Å². The minimum atomic E-state index is -0.648. The first-order valence-corrected chi connectivity index (χ1v) is 8.23. The lowest BCUT2D eigenvalue weighted by Gasteiger charge is -2.12. The Morgan fingerprint density at radius 2 is 1.46 bits per heavy atom. The van der Waals surface area contributed by atoms with Gasteiger partial charge in [0.1, 0.15) is 17.1 Å². The second-order valence-corrected chi connectivity index (χ2v) is 6.23. The highest BCUT2D eigenvalue weighted by Crippen LogP contribution is 2.34. The van der Waals surface area contributed by atoms with Crippen LogP contribution in [0.3, 0.4) is 0 Å². The molecule has 0 fully saturated rings. The van der Waals surface area contributed by atoms with Crippen LogP contribution in [0.4, 0.5) is 4.79 Å². The highest BCUT2D eigenvalue weighted by Gasteiger charge is 2.21. The van der Waals surface area contributed by atoms with Crippen LogP contribution in [0.25, 0.3) is 0 Å². The number of hydrogen-bond donors (Lipinski definition) is 1. The van der Waals surface area contributed by atoms with E-state index in [1.54, 1.807) is 36.4 Å². The van der Waals surface area contributed by atoms with E-state index in [9.17, 15) is 9.59 Å². The molecular weight excluding hydrogens is 373 g/mol. The summed E-state index contributed by atoms with van der Waals surface area (Å²) in [7, 11) is 2.84. The fourth-order valence-electron chi connectivity index (χ4n) is 1.93. The van der Waals surface area contributed by atoms with Gasteiger partial charge in [0, 0.05) is 0 Å². The van der Waals surface area contributed by atoms with Crippen molar-refractivity contribution in [1.29, 1.82) is 0 Å². The summed E-state index contributed by atoms with van der Waals surface area (Å²) in [6, 6.07) is 9.74. The molecule has 0 atom stereocenters. The fourth-order valence-corrected chi connectivity index (χ4v) is 3.22. The van der Waals surface area contributed by atoms with Crippen LogP contribution in [0.2, 0.25) is 10.0 Å². The second kappa shape index (κ2) is 8.28. The standard InChI is InChI=1S/C16H13Cl2NO4S/c1-22-11-7-4-8-12(23-2)13(11)15(20)19-16(21)24-14-9(17)5-3-6-10(14)18/h3-8H,1-2H3,(H,19,20,21). The van der Waals surface area contributed by atoms with Crippen molar-refractivity contribution < 1.29 is 19.1 Å². The number of rotatable bonds is 4. The molecule has 24 heavy (non-hydrogen) atoms. The number of amides is 2. The summed E-state index contributed by atoms with van der Waals surface area (Å²) in [6.07, 6.45) is 0. The van der Waals surface area contributed by atoms with Gasteiger partial charge in [-0.2, -0.15) is 0 Å². The lowest BCUT2D eigenvalue weighted by molar-refractivity contribution is 0.0963. The van der Waals surface area contributed by atoms with Crippen molar-refractivity contribution in [3.63, 3.8) is 0 Å². The summed E-state index contributed by atoms with van der Waals surface area (Å²) in [5.74, 6) is -0.0640. The van der Waals surface area contributed by atoms with E-state index in [-0.39, 0.29) is 5.56 Å². The van der Waals surface area contributed by atoms with E-state index in [4.69, 9.17) is 32.7 Å². The van der Waals surface area contributed by atoms with Crippen molar-refractivity contribution in [3.05, 3.63) is 52.0 Å². The first-order valence-electron chi connectivity index (χ1n) is 6.66. The lowest BCUT2D eigenvalue weighted by Crippen LogP contribution is -2.27. The third kappa shape index (κ3) is 4.14. The zero-order valence-electron chi connectivity index (χ0n) is 12.8. The average Bonchev–Trinajstić information content (AvgIpc) is 2.57. The Kier molecular flexibility index (Phi) is 6.36. The van der Waals surface area contributed by atoms with Crippen LogP contribution in [0.1, 0.15) is 10.4 Å². The molecule has 0 spiro atoms. The first-order chi connectivity index (χ1) is 11.5. The van der Waals surface area contributed by atoms with Gasteiger partial charge in [-0.05, 0) is 36.0 Å². The Morgan fingerprint density at radius 1 is 0.958 bits per heavy atom. The zero-order valence-corrected chi connectivity index (χ0v) is 15.1. The normalized spacial score (nSPS) is 10.2. The Morgan fingerprint density at radius 3 is 1.96 bits per heavy atom. The molecule has 0 aliphatic heterocycles. The predicted octanol–water partition coefficient (Wildman–Crippen LogP) is 4.65. The van der Waals surface area contributed by atoms with Crippen LogP contribution in [0, 0.1) is 0 Å². The summed E-state index contributed by atoms with van der Waals surface area (Å²) >= 11 is 12.8. The minimum absolute atomic E-state index is 0.127. The molecular formula is C16H13Cl2NO4S. The third-order valence-corrected chi connectivity index (χ3v) is 4.77. The lowest BCUT2D eigenvalue weighted by atomic mass is 10.1. The molecule has 0 heterocycles. The number of imide groups is 1. The first kappa shape index (κ1) is 18.4. The largest absolute Gasteiger partial charge is 0.496 e. The number of benzene rings is 2. The molecule has 0 aliphatic rings. The summed E-state index contributed by atoms with van der Waals surface area (Å²) in [5, 5.41) is 2.28. The van der Waals surface area contributed by atoms with Crippen LogP contribution in [0.5, 0.6) is 11.5 Å². The van der Waals surface area contributed by atoms with Crippen LogP contribution in [-0.4, -0.2) is 25.4 Å². The number of nitrogens with one attached hydrogen (secondary N) is 1. The SMILES string of the molecule is COc1cccc(OC)c1C(=O)NC(=O)Sc1c(Cl)cccc1Cl. The van der Waals surface area contributed by atoms with E-state index in [2.05, 4.69) is 5.32 Å². The molecule has 0 aromatic heterocycles. The highest BCUT2D eigenvalue weighted by molar-refractivity contribution is 8.13. The number of halogens is 2. The number of carbonyl (C=O) groups excluding carboxylic acids is 2. The van der Waals surface area contributed by atoms with Crippen molar-refractivity contribution in [3.8, 4) is 11.5 Å². The molecule has 1 N–H and O–H groups in total. The predicted molar refractivity (Wildman–Crippen MR) is 94.7 cm³/mol. The second-order valence-electron chi connectivity index (χ2n) is 4.43. The molecule has 0 unspecified atom stereocenters. The Hall–Kier alpha value is -1.89. The van der Waals surface area contributed by atoms with Gasteiger partial charge in [0.25, 0.3) is 11.1 Å².